The van der Waals surface area contributed by atoms with Crippen molar-refractivity contribution in [3.63, 3.8) is 0 Å². The van der Waals surface area contributed by atoms with Gasteiger partial charge in [-0.2, -0.15) is 0 Å². The van der Waals surface area contributed by atoms with Gasteiger partial charge in [0, 0.05) is 50.9 Å². The first-order valence-corrected chi connectivity index (χ1v) is 11.2. The van der Waals surface area contributed by atoms with E-state index in [-0.39, 0.29) is 17.7 Å². The molecule has 2 aromatic carbocycles. The number of benzene rings is 2. The maximum atomic E-state index is 12.7. The quantitative estimate of drug-likeness (QED) is 0.756. The van der Waals surface area contributed by atoms with Crippen molar-refractivity contribution in [2.75, 3.05) is 31.6 Å². The van der Waals surface area contributed by atoms with Gasteiger partial charge in [-0.25, -0.2) is 0 Å². The first-order valence-electron chi connectivity index (χ1n) is 11.2. The summed E-state index contributed by atoms with van der Waals surface area (Å²) in [6.45, 7) is 2.92. The predicted octanol–water partition coefficient (Wildman–Crippen LogP) is 3.64. The van der Waals surface area contributed by atoms with Crippen LogP contribution in [0.25, 0.3) is 6.08 Å². The molecule has 1 fully saturated rings. The van der Waals surface area contributed by atoms with Crippen molar-refractivity contribution in [1.29, 1.82) is 0 Å². The topological polar surface area (TPSA) is 52.7 Å². The van der Waals surface area contributed by atoms with Crippen LogP contribution < -0.4 is 10.2 Å². The van der Waals surface area contributed by atoms with Gasteiger partial charge in [0.2, 0.25) is 11.8 Å². The fraction of sp³-hybridized carbons (Fsp3) is 0.385. The average Bonchev–Trinajstić information content (AvgIpc) is 2.82. The van der Waals surface area contributed by atoms with E-state index in [9.17, 15) is 9.59 Å². The van der Waals surface area contributed by atoms with Crippen molar-refractivity contribution >= 4 is 23.6 Å². The van der Waals surface area contributed by atoms with Gasteiger partial charge in [-0.15, -0.1) is 0 Å². The molecule has 0 unspecified atom stereocenters. The summed E-state index contributed by atoms with van der Waals surface area (Å²) < 4.78 is 0. The van der Waals surface area contributed by atoms with Gasteiger partial charge in [0.1, 0.15) is 0 Å². The zero-order valence-electron chi connectivity index (χ0n) is 18.2. The number of anilines is 1. The lowest BCUT2D eigenvalue weighted by molar-refractivity contribution is -0.132. The second kappa shape index (κ2) is 9.82. The molecular formula is C26H31N3O2. The molecule has 0 spiro atoms. The second-order valence-electron chi connectivity index (χ2n) is 8.55. The molecule has 2 aromatic rings. The van der Waals surface area contributed by atoms with Crippen LogP contribution in [-0.4, -0.2) is 43.4 Å². The molecule has 2 heterocycles. The van der Waals surface area contributed by atoms with Crippen molar-refractivity contribution < 1.29 is 9.59 Å². The third-order valence-electron chi connectivity index (χ3n) is 6.36. The summed E-state index contributed by atoms with van der Waals surface area (Å²) in [5.74, 6) is 0.0921. The maximum Gasteiger partial charge on any atom is 0.246 e. The summed E-state index contributed by atoms with van der Waals surface area (Å²) in [4.78, 5) is 29.2. The Kier molecular flexibility index (Phi) is 6.70. The summed E-state index contributed by atoms with van der Waals surface area (Å²) >= 11 is 0. The Morgan fingerprint density at radius 1 is 1.06 bits per heavy atom. The minimum atomic E-state index is -0.0223. The van der Waals surface area contributed by atoms with E-state index in [1.54, 1.807) is 6.08 Å². The number of piperidine rings is 1. The third-order valence-corrected chi connectivity index (χ3v) is 6.36. The molecule has 0 saturated carbocycles. The summed E-state index contributed by atoms with van der Waals surface area (Å²) in [5.41, 5.74) is 4.84. The summed E-state index contributed by atoms with van der Waals surface area (Å²) in [7, 11) is 2.13. The molecule has 162 valence electrons. The Hall–Kier alpha value is -3.08. The summed E-state index contributed by atoms with van der Waals surface area (Å²) in [6, 6.07) is 16.3. The highest BCUT2D eigenvalue weighted by molar-refractivity contribution is 5.92. The van der Waals surface area contributed by atoms with E-state index in [1.807, 2.05) is 41.3 Å². The molecule has 0 radical (unpaired) electrons. The molecule has 0 atom stereocenters. The van der Waals surface area contributed by atoms with E-state index in [1.165, 1.54) is 17.7 Å². The van der Waals surface area contributed by atoms with Crippen molar-refractivity contribution in [2.45, 2.75) is 32.2 Å². The number of carbonyl (C=O) groups is 2. The molecule has 5 heteroatoms. The third kappa shape index (κ3) is 5.35. The zero-order valence-corrected chi connectivity index (χ0v) is 18.2. The lowest BCUT2D eigenvalue weighted by atomic mass is 9.95. The van der Waals surface area contributed by atoms with Gasteiger partial charge in [0.15, 0.2) is 0 Å². The molecule has 0 bridgehead atoms. The van der Waals surface area contributed by atoms with E-state index in [4.69, 9.17) is 0 Å². The van der Waals surface area contributed by atoms with Gasteiger partial charge in [-0.05, 0) is 54.5 Å². The Morgan fingerprint density at radius 2 is 1.84 bits per heavy atom. The summed E-state index contributed by atoms with van der Waals surface area (Å²) in [5, 5.41) is 3.11. The number of nitrogens with one attached hydrogen (secondary N) is 1. The number of aryl methyl sites for hydroxylation is 1. The number of carbonyl (C=O) groups excluding carboxylic acids is 2. The molecule has 0 aliphatic carbocycles. The highest BCUT2D eigenvalue weighted by Gasteiger charge is 2.26. The van der Waals surface area contributed by atoms with Gasteiger partial charge in [-0.1, -0.05) is 42.5 Å². The predicted molar refractivity (Wildman–Crippen MR) is 125 cm³/mol. The highest BCUT2D eigenvalue weighted by atomic mass is 16.2. The van der Waals surface area contributed by atoms with Gasteiger partial charge >= 0.3 is 0 Å². The monoisotopic (exact) mass is 417 g/mol. The van der Waals surface area contributed by atoms with Gasteiger partial charge in [-0.3, -0.25) is 9.59 Å². The second-order valence-corrected chi connectivity index (χ2v) is 8.55. The Morgan fingerprint density at radius 3 is 2.61 bits per heavy atom. The van der Waals surface area contributed by atoms with E-state index in [2.05, 4.69) is 35.5 Å². The number of nitrogens with zero attached hydrogens (tertiary/aromatic N) is 2. The SMILES string of the molecule is CN1CCCc2cc(CNC(=O)C3CCN(C(=O)/C=C/c4ccccc4)CC3)ccc21. The molecule has 31 heavy (non-hydrogen) atoms. The van der Waals surface area contributed by atoms with Crippen LogP contribution in [0, 0.1) is 5.92 Å². The smallest absolute Gasteiger partial charge is 0.246 e. The van der Waals surface area contributed by atoms with E-state index in [0.717, 1.165) is 24.1 Å². The highest BCUT2D eigenvalue weighted by Crippen LogP contribution is 2.27. The fourth-order valence-corrected chi connectivity index (χ4v) is 4.48. The van der Waals surface area contributed by atoms with Crippen molar-refractivity contribution in [1.82, 2.24) is 10.2 Å². The number of fused-ring (bicyclic) bond motifs is 1. The molecular weight excluding hydrogens is 386 g/mol. The van der Waals surface area contributed by atoms with Crippen molar-refractivity contribution in [2.24, 2.45) is 5.92 Å². The molecule has 0 aromatic heterocycles. The normalized spacial score (nSPS) is 16.9. The standard InChI is InChI=1S/C26H31N3O2/c1-28-15-5-8-23-18-21(9-11-24(23)28)19-27-26(31)22-13-16-29(17-14-22)25(30)12-10-20-6-3-2-4-7-20/h2-4,6-7,9-12,18,22H,5,8,13-17,19H2,1H3,(H,27,31)/b12-10+. The molecule has 2 amide bonds. The first-order chi connectivity index (χ1) is 15.1. The number of amides is 2. The fourth-order valence-electron chi connectivity index (χ4n) is 4.48. The van der Waals surface area contributed by atoms with Crippen molar-refractivity contribution in [3.8, 4) is 0 Å². The van der Waals surface area contributed by atoms with Crippen LogP contribution in [0.3, 0.4) is 0 Å². The lowest BCUT2D eigenvalue weighted by Gasteiger charge is -2.30. The Bertz CT molecular complexity index is 946. The molecule has 4 rings (SSSR count). The van der Waals surface area contributed by atoms with Gasteiger partial charge < -0.3 is 15.1 Å². The Balaban J connectivity index is 1.24. The van der Waals surface area contributed by atoms with Crippen LogP contribution in [0.5, 0.6) is 0 Å². The number of hydrogen-bond donors (Lipinski definition) is 1. The van der Waals surface area contributed by atoms with Crippen LogP contribution in [0.15, 0.2) is 54.6 Å². The minimum absolute atomic E-state index is 0.0155. The molecule has 1 N–H and O–H groups in total. The van der Waals surface area contributed by atoms with Crippen LogP contribution in [0.4, 0.5) is 5.69 Å². The molecule has 2 aliphatic rings. The van der Waals surface area contributed by atoms with Gasteiger partial charge in [0.25, 0.3) is 0 Å². The number of rotatable bonds is 5. The number of likely N-dealkylation sites (tertiary alicyclic amines) is 1. The van der Waals surface area contributed by atoms with E-state index >= 15 is 0 Å². The minimum Gasteiger partial charge on any atom is -0.374 e. The largest absolute Gasteiger partial charge is 0.374 e. The van der Waals surface area contributed by atoms with E-state index < -0.39 is 0 Å². The maximum absolute atomic E-state index is 12.7. The van der Waals surface area contributed by atoms with E-state index in [0.29, 0.717) is 32.5 Å². The molecule has 2 aliphatic heterocycles. The summed E-state index contributed by atoms with van der Waals surface area (Å²) in [6.07, 6.45) is 7.18. The molecule has 5 nitrogen and oxygen atoms in total. The first kappa shape index (κ1) is 21.2. The van der Waals surface area contributed by atoms with Crippen LogP contribution in [0.1, 0.15) is 36.0 Å². The van der Waals surface area contributed by atoms with Gasteiger partial charge in [0.05, 0.1) is 0 Å². The number of hydrogen-bond acceptors (Lipinski definition) is 3. The zero-order chi connectivity index (χ0) is 21.6. The van der Waals surface area contributed by atoms with Crippen LogP contribution in [-0.2, 0) is 22.6 Å². The average molecular weight is 418 g/mol. The van der Waals surface area contributed by atoms with Crippen LogP contribution in [0.2, 0.25) is 0 Å². The Labute approximate surface area is 184 Å². The van der Waals surface area contributed by atoms with Crippen LogP contribution >= 0.6 is 0 Å². The molecule has 1 saturated heterocycles. The van der Waals surface area contributed by atoms with Crippen molar-refractivity contribution in [3.05, 3.63) is 71.3 Å². The lowest BCUT2D eigenvalue weighted by Crippen LogP contribution is -2.42.